The summed E-state index contributed by atoms with van der Waals surface area (Å²) in [7, 11) is 0. The lowest BCUT2D eigenvalue weighted by Gasteiger charge is -2.31. The summed E-state index contributed by atoms with van der Waals surface area (Å²) in [5, 5.41) is 28.0. The third kappa shape index (κ3) is 5.57. The van der Waals surface area contributed by atoms with Gasteiger partial charge in [-0.3, -0.25) is 33.3 Å². The van der Waals surface area contributed by atoms with Crippen LogP contribution in [0.1, 0.15) is 12.5 Å². The number of rotatable bonds is 2. The maximum absolute atomic E-state index is 13.6. The third-order valence-corrected chi connectivity index (χ3v) is 11.2. The quantitative estimate of drug-likeness (QED) is 0.0736. The van der Waals surface area contributed by atoms with Crippen LogP contribution in [0.2, 0.25) is 0 Å². The Labute approximate surface area is 265 Å². The van der Waals surface area contributed by atoms with Gasteiger partial charge in [0, 0.05) is 0 Å². The lowest BCUT2D eigenvalue weighted by molar-refractivity contribution is -0.0467. The Bertz CT molecular complexity index is 1910. The Morgan fingerprint density at radius 1 is 0.870 bits per heavy atom. The molecule has 46 heavy (non-hydrogen) atoms. The third-order valence-electron chi connectivity index (χ3n) is 7.65. The van der Waals surface area contributed by atoms with Crippen molar-refractivity contribution < 1.29 is 38.2 Å². The van der Waals surface area contributed by atoms with Crippen molar-refractivity contribution in [3.8, 4) is 0 Å². The van der Waals surface area contributed by atoms with Crippen LogP contribution in [0.15, 0.2) is 22.2 Å². The zero-order valence-corrected chi connectivity index (χ0v) is 26.5. The van der Waals surface area contributed by atoms with E-state index in [9.17, 15) is 29.3 Å². The first kappa shape index (κ1) is 31.8. The summed E-state index contributed by atoms with van der Waals surface area (Å²) in [4.78, 5) is 56.5. The zero-order valence-electron chi connectivity index (χ0n) is 23.0. The molecular formula is C20H26N12O10P2S2. The molecule has 3 aliphatic heterocycles. The number of H-pyrrole nitrogens is 2. The molecule has 248 valence electrons. The van der Waals surface area contributed by atoms with Gasteiger partial charge in [-0.1, -0.05) is 12.2 Å². The lowest BCUT2D eigenvalue weighted by Crippen LogP contribution is -2.47. The van der Waals surface area contributed by atoms with Gasteiger partial charge in [0.15, 0.2) is 34.8 Å². The number of aliphatic hydroxyl groups excluding tert-OH is 2. The Hall–Kier alpha value is -2.83. The maximum Gasteiger partial charge on any atom is 0.324 e. The predicted molar refractivity (Wildman–Crippen MR) is 164 cm³/mol. The average Bonchev–Trinajstić information content (AvgIpc) is 3.72. The number of ether oxygens (including phenoxy) is 2. The molecule has 10 atom stereocenters. The van der Waals surface area contributed by atoms with Crippen LogP contribution in [0.4, 0.5) is 11.9 Å². The van der Waals surface area contributed by atoms with E-state index in [1.54, 1.807) is 0 Å². The second kappa shape index (κ2) is 11.4. The van der Waals surface area contributed by atoms with Gasteiger partial charge in [0.1, 0.15) is 24.4 Å². The Balaban J connectivity index is 1.18. The maximum atomic E-state index is 13.6. The van der Waals surface area contributed by atoms with Gasteiger partial charge in [0.2, 0.25) is 11.9 Å². The molecule has 0 saturated carbocycles. The first-order valence-electron chi connectivity index (χ1n) is 13.3. The Morgan fingerprint density at radius 3 is 1.83 bits per heavy atom. The number of nitrogens with two attached hydrogens (primary N) is 2. The first-order valence-corrected chi connectivity index (χ1v) is 18.8. The van der Waals surface area contributed by atoms with Crippen LogP contribution in [0.25, 0.3) is 22.3 Å². The van der Waals surface area contributed by atoms with Crippen molar-refractivity contribution in [2.45, 2.75) is 49.0 Å². The number of aliphatic hydroxyl groups is 2. The second-order valence-corrected chi connectivity index (χ2v) is 16.8. The highest BCUT2D eigenvalue weighted by Gasteiger charge is 2.51. The summed E-state index contributed by atoms with van der Waals surface area (Å²) in [6.07, 6.45) is -5.28. The minimum absolute atomic E-state index is 0.00413. The van der Waals surface area contributed by atoms with Crippen molar-refractivity contribution in [1.82, 2.24) is 49.2 Å². The molecule has 26 heteroatoms. The summed E-state index contributed by atoms with van der Waals surface area (Å²) in [6.45, 7) is -8.96. The van der Waals surface area contributed by atoms with Crippen LogP contribution in [0, 0.1) is 0 Å². The molecule has 0 spiro atoms. The first-order chi connectivity index (χ1) is 21.7. The number of thiol groups is 1. The van der Waals surface area contributed by atoms with E-state index < -0.39 is 86.7 Å². The summed E-state index contributed by atoms with van der Waals surface area (Å²) in [5.74, 6) is -0.402. The number of nitrogen functional groups attached to an aromatic ring is 2. The summed E-state index contributed by atoms with van der Waals surface area (Å²) in [5.41, 5.74) is 10.0. The fraction of sp³-hybridized carbons (Fsp3) is 0.500. The number of hydrogen-bond donors (Lipinski definition) is 10. The number of aromatic amines is 2. The van der Waals surface area contributed by atoms with Gasteiger partial charge in [0.05, 0.1) is 38.0 Å². The molecular weight excluding hydrogens is 694 g/mol. The SMILES string of the molecule is Nc1nc2c(ncn2[C@@H]2O[C@@H]3COP(O)(=S)N[C@H]4[C@@H](O)[C@H](n5cnc6c(=O)[nH]c(N)nc65)O[C@@H]4COP(=O)(S)N[C@H]3[C@H]2O)c(=O)[nH]1. The Kier molecular flexibility index (Phi) is 7.87. The lowest BCUT2D eigenvalue weighted by atomic mass is 10.1. The smallest absolute Gasteiger partial charge is 0.324 e. The van der Waals surface area contributed by atoms with Gasteiger partial charge in [-0.15, -0.1) is 0 Å². The molecule has 0 radical (unpaired) electrons. The van der Waals surface area contributed by atoms with Crippen molar-refractivity contribution >= 4 is 71.6 Å². The van der Waals surface area contributed by atoms with E-state index >= 15 is 0 Å². The van der Waals surface area contributed by atoms with Gasteiger partial charge < -0.3 is 45.1 Å². The van der Waals surface area contributed by atoms with Crippen LogP contribution in [0.5, 0.6) is 0 Å². The minimum atomic E-state index is -4.08. The molecule has 22 nitrogen and oxygen atoms in total. The summed E-state index contributed by atoms with van der Waals surface area (Å²) < 4.78 is 39.4. The van der Waals surface area contributed by atoms with Crippen molar-refractivity contribution in [1.29, 1.82) is 0 Å². The number of nitrogens with one attached hydrogen (secondary N) is 4. The Morgan fingerprint density at radius 2 is 1.33 bits per heavy atom. The van der Waals surface area contributed by atoms with Crippen molar-refractivity contribution in [3.05, 3.63) is 33.4 Å². The predicted octanol–water partition coefficient (Wildman–Crippen LogP) is -2.85. The molecule has 0 amide bonds. The highest BCUT2D eigenvalue weighted by Crippen LogP contribution is 2.52. The molecule has 0 bridgehead atoms. The van der Waals surface area contributed by atoms with Crippen LogP contribution in [-0.4, -0.2) is 104 Å². The minimum Gasteiger partial charge on any atom is -0.387 e. The molecule has 4 aromatic heterocycles. The second-order valence-electron chi connectivity index (χ2n) is 10.6. The van der Waals surface area contributed by atoms with Gasteiger partial charge in [-0.25, -0.2) is 20.1 Å². The number of imidazole rings is 2. The molecule has 3 saturated heterocycles. The molecule has 7 rings (SSSR count). The monoisotopic (exact) mass is 720 g/mol. The molecule has 3 fully saturated rings. The van der Waals surface area contributed by atoms with Crippen LogP contribution >= 0.6 is 25.6 Å². The van der Waals surface area contributed by atoms with Gasteiger partial charge in [0.25, 0.3) is 17.8 Å². The molecule has 4 aromatic rings. The van der Waals surface area contributed by atoms with E-state index in [1.165, 1.54) is 21.8 Å². The fourth-order valence-corrected chi connectivity index (χ4v) is 8.99. The number of anilines is 2. The van der Waals surface area contributed by atoms with E-state index in [1.807, 2.05) is 0 Å². The number of nitrogens with zero attached hydrogens (tertiary/aromatic N) is 6. The molecule has 2 unspecified atom stereocenters. The molecule has 0 aromatic carbocycles. The highest BCUT2D eigenvalue weighted by atomic mass is 32.7. The average molecular weight is 721 g/mol. The van der Waals surface area contributed by atoms with E-state index in [4.69, 9.17) is 41.8 Å². The standard InChI is InChI=1S/C20H26N12O10P2S2/c21-19-25-13-9(15(35)27-19)23-3-31(13)17-11(33)7-5(41-17)1-39-43(37,45)30-8-6(2-40-44(38,46)29-7)42-18(12(8)34)32-4-24-10-14(32)26-20(22)28-16(10)36/h3-8,11-12,17-18,33-34H,1-2H2,(H2,29,38,46)(H2,30,37,45)(H3,21,25,27,35)(H3,22,26,28,36)/t5-,6-,7-,8-,11-,12-,17-,18-,43?,44?/m1/s1. The van der Waals surface area contributed by atoms with Crippen molar-refractivity contribution in [2.75, 3.05) is 24.7 Å². The van der Waals surface area contributed by atoms with Gasteiger partial charge in [-0.05, 0) is 11.8 Å². The van der Waals surface area contributed by atoms with Crippen LogP contribution in [-0.2, 0) is 34.9 Å². The van der Waals surface area contributed by atoms with E-state index in [2.05, 4.69) is 52.3 Å². The molecule has 7 heterocycles. The van der Waals surface area contributed by atoms with Crippen LogP contribution < -0.4 is 32.8 Å². The van der Waals surface area contributed by atoms with Crippen molar-refractivity contribution in [2.24, 2.45) is 0 Å². The van der Waals surface area contributed by atoms with E-state index in [0.717, 1.165) is 0 Å². The summed E-state index contributed by atoms with van der Waals surface area (Å²) in [6, 6.07) is -2.36. The largest absolute Gasteiger partial charge is 0.387 e. The molecule has 11 N–H and O–H groups in total. The number of fused-ring (bicyclic) bond motifs is 4. The van der Waals surface area contributed by atoms with Crippen LogP contribution in [0.3, 0.4) is 0 Å². The van der Waals surface area contributed by atoms with E-state index in [-0.39, 0.29) is 34.2 Å². The van der Waals surface area contributed by atoms with Gasteiger partial charge in [-0.2, -0.15) is 9.97 Å². The van der Waals surface area contributed by atoms with Gasteiger partial charge >= 0.3 is 6.72 Å². The fourth-order valence-electron chi connectivity index (χ4n) is 5.61. The normalized spacial score (nSPS) is 37.1. The molecule has 3 aliphatic rings. The summed E-state index contributed by atoms with van der Waals surface area (Å²) >= 11 is 9.51. The number of hydrogen-bond acceptors (Lipinski definition) is 16. The topological polar surface area (TPSA) is 318 Å². The zero-order chi connectivity index (χ0) is 32.7. The van der Waals surface area contributed by atoms with Crippen molar-refractivity contribution in [3.63, 3.8) is 0 Å². The number of aromatic nitrogens is 8. The van der Waals surface area contributed by atoms with E-state index in [0.29, 0.717) is 0 Å². The molecule has 0 aliphatic carbocycles. The highest BCUT2D eigenvalue weighted by molar-refractivity contribution is 8.45.